The molecule has 0 aliphatic rings. The van der Waals surface area contributed by atoms with Crippen LogP contribution in [0.5, 0.6) is 0 Å². The van der Waals surface area contributed by atoms with Crippen LogP contribution < -0.4 is 0 Å². The van der Waals surface area contributed by atoms with E-state index in [0.29, 0.717) is 0 Å². The quantitative estimate of drug-likeness (QED) is 0.616. The minimum Gasteiger partial charge on any atom is -0.479 e. The van der Waals surface area contributed by atoms with E-state index in [9.17, 15) is 9.59 Å². The molecule has 0 bridgehead atoms. The maximum Gasteiger partial charge on any atom is 0.367 e. The highest BCUT2D eigenvalue weighted by Crippen LogP contribution is 2.02. The molecule has 5 heteroatoms. The van der Waals surface area contributed by atoms with Crippen LogP contribution in [0.1, 0.15) is 6.92 Å². The van der Waals surface area contributed by atoms with Crippen LogP contribution in [0.4, 0.5) is 4.79 Å². The summed E-state index contributed by atoms with van der Waals surface area (Å²) >= 11 is 0.846. The fraction of sp³-hybridized carbons (Fsp3) is 0.600. The van der Waals surface area contributed by atoms with E-state index >= 15 is 0 Å². The van der Waals surface area contributed by atoms with Crippen LogP contribution >= 0.6 is 11.8 Å². The van der Waals surface area contributed by atoms with Gasteiger partial charge in [0.25, 0.3) is 0 Å². The van der Waals surface area contributed by atoms with Crippen molar-refractivity contribution < 1.29 is 19.4 Å². The molecule has 0 aromatic carbocycles. The van der Waals surface area contributed by atoms with Crippen LogP contribution in [0.25, 0.3) is 0 Å². The van der Waals surface area contributed by atoms with Crippen LogP contribution in [0.15, 0.2) is 0 Å². The third-order valence-corrected chi connectivity index (χ3v) is 1.22. The van der Waals surface area contributed by atoms with Crippen LogP contribution in [0, 0.1) is 0 Å². The van der Waals surface area contributed by atoms with E-state index < -0.39 is 17.4 Å². The van der Waals surface area contributed by atoms with E-state index in [-0.39, 0.29) is 0 Å². The molecule has 0 fully saturated rings. The van der Waals surface area contributed by atoms with E-state index in [4.69, 9.17) is 5.11 Å². The zero-order chi connectivity index (χ0) is 8.15. The minimum absolute atomic E-state index is 0.574. The third kappa shape index (κ3) is 3.34. The number of carboxylic acids is 1. The van der Waals surface area contributed by atoms with E-state index in [1.807, 2.05) is 0 Å². The van der Waals surface area contributed by atoms with Gasteiger partial charge in [0.1, 0.15) is 0 Å². The Balaban J connectivity index is 3.68. The van der Waals surface area contributed by atoms with Crippen LogP contribution in [-0.4, -0.2) is 28.7 Å². The van der Waals surface area contributed by atoms with Gasteiger partial charge >= 0.3 is 11.3 Å². The van der Waals surface area contributed by atoms with Crippen molar-refractivity contribution in [3.8, 4) is 0 Å². The first-order valence-corrected chi connectivity index (χ1v) is 3.77. The third-order valence-electron chi connectivity index (χ3n) is 0.787. The van der Waals surface area contributed by atoms with Crippen LogP contribution in [-0.2, 0) is 9.53 Å². The van der Waals surface area contributed by atoms with E-state index in [1.54, 1.807) is 0 Å². The zero-order valence-electron chi connectivity index (χ0n) is 5.66. The standard InChI is InChI=1S/C5H8O4S/c1-3(4(6)7)9-5(8)10-2/h3H,1-2H3,(H,6,7). The van der Waals surface area contributed by atoms with Crippen molar-refractivity contribution in [2.45, 2.75) is 13.0 Å². The molecule has 0 heterocycles. The van der Waals surface area contributed by atoms with Crippen molar-refractivity contribution in [2.75, 3.05) is 6.26 Å². The largest absolute Gasteiger partial charge is 0.479 e. The maximum atomic E-state index is 10.4. The predicted molar refractivity (Wildman–Crippen MR) is 37.1 cm³/mol. The molecule has 0 aliphatic carbocycles. The highest BCUT2D eigenvalue weighted by molar-refractivity contribution is 8.12. The number of aliphatic carboxylic acids is 1. The molecule has 4 nitrogen and oxygen atoms in total. The molecule has 0 radical (unpaired) electrons. The summed E-state index contributed by atoms with van der Waals surface area (Å²) in [6.07, 6.45) is 0.469. The van der Waals surface area contributed by atoms with Gasteiger partial charge < -0.3 is 9.84 Å². The van der Waals surface area contributed by atoms with E-state index in [0.717, 1.165) is 11.8 Å². The summed E-state index contributed by atoms with van der Waals surface area (Å²) in [7, 11) is 0. The SMILES string of the molecule is CSC(=O)OC(C)C(=O)O. The Hall–Kier alpha value is -0.710. The number of hydrogen-bond donors (Lipinski definition) is 1. The number of carboxylic acid groups (broad SMARTS) is 1. The van der Waals surface area contributed by atoms with Crippen LogP contribution in [0.2, 0.25) is 0 Å². The molecule has 1 N–H and O–H groups in total. The molecule has 0 spiro atoms. The van der Waals surface area contributed by atoms with Crippen molar-refractivity contribution >= 4 is 23.0 Å². The summed E-state index contributed by atoms with van der Waals surface area (Å²) in [5, 5.41) is 7.67. The predicted octanol–water partition coefficient (Wildman–Crippen LogP) is 0.959. The molecule has 0 amide bonds. The molecule has 1 unspecified atom stereocenters. The molecular formula is C5H8O4S. The van der Waals surface area contributed by atoms with Gasteiger partial charge in [-0.3, -0.25) is 0 Å². The molecule has 0 aliphatic heterocycles. The summed E-state index contributed by atoms with van der Waals surface area (Å²) in [6.45, 7) is 1.30. The number of thioether (sulfide) groups is 1. The molecule has 58 valence electrons. The number of hydrogen-bond acceptors (Lipinski definition) is 4. The summed E-state index contributed by atoms with van der Waals surface area (Å²) in [4.78, 5) is 20.5. The minimum atomic E-state index is -1.14. The molecule has 0 aromatic rings. The molecule has 0 saturated carbocycles. The second kappa shape index (κ2) is 4.16. The maximum absolute atomic E-state index is 10.4. The monoisotopic (exact) mass is 164 g/mol. The summed E-state index contributed by atoms with van der Waals surface area (Å²) < 4.78 is 4.39. The summed E-state index contributed by atoms with van der Waals surface area (Å²) in [6, 6.07) is 0. The first-order valence-electron chi connectivity index (χ1n) is 2.55. The lowest BCUT2D eigenvalue weighted by atomic mass is 10.4. The average Bonchev–Trinajstić information content (AvgIpc) is 1.87. The van der Waals surface area contributed by atoms with E-state index in [1.165, 1.54) is 13.2 Å². The first-order chi connectivity index (χ1) is 4.57. The molecule has 10 heavy (non-hydrogen) atoms. The topological polar surface area (TPSA) is 63.6 Å². The van der Waals surface area contributed by atoms with Gasteiger partial charge in [-0.2, -0.15) is 0 Å². The second-order valence-electron chi connectivity index (χ2n) is 1.55. The lowest BCUT2D eigenvalue weighted by Gasteiger charge is -2.05. The Morgan fingerprint density at radius 1 is 1.60 bits per heavy atom. The lowest BCUT2D eigenvalue weighted by Crippen LogP contribution is -2.21. The smallest absolute Gasteiger partial charge is 0.367 e. The second-order valence-corrected chi connectivity index (χ2v) is 2.29. The Bertz CT molecular complexity index is 145. The van der Waals surface area contributed by atoms with Crippen molar-refractivity contribution in [3.63, 3.8) is 0 Å². The summed E-state index contributed by atoms with van der Waals surface area (Å²) in [5.74, 6) is -1.14. The van der Waals surface area contributed by atoms with Gasteiger partial charge in [-0.15, -0.1) is 0 Å². The zero-order valence-corrected chi connectivity index (χ0v) is 6.47. The molecule has 0 saturated heterocycles. The average molecular weight is 164 g/mol. The molecular weight excluding hydrogens is 156 g/mol. The van der Waals surface area contributed by atoms with Crippen LogP contribution in [0.3, 0.4) is 0 Å². The highest BCUT2D eigenvalue weighted by Gasteiger charge is 2.14. The molecule has 0 rings (SSSR count). The number of rotatable bonds is 2. The number of carbonyl (C=O) groups excluding carboxylic acids is 1. The summed E-state index contributed by atoms with van der Waals surface area (Å²) in [5.41, 5.74) is 0. The van der Waals surface area contributed by atoms with E-state index in [2.05, 4.69) is 4.74 Å². The number of ether oxygens (including phenoxy) is 1. The van der Waals surface area contributed by atoms with Gasteiger partial charge in [0.2, 0.25) is 0 Å². The fourth-order valence-corrected chi connectivity index (χ4v) is 0.483. The van der Waals surface area contributed by atoms with Gasteiger partial charge in [-0.1, -0.05) is 0 Å². The van der Waals surface area contributed by atoms with Gasteiger partial charge in [0.15, 0.2) is 6.10 Å². The van der Waals surface area contributed by atoms with Gasteiger partial charge in [-0.05, 0) is 24.9 Å². The van der Waals surface area contributed by atoms with Gasteiger partial charge in [0.05, 0.1) is 0 Å². The molecule has 1 atom stereocenters. The first kappa shape index (κ1) is 9.29. The van der Waals surface area contributed by atoms with Crippen molar-refractivity contribution in [3.05, 3.63) is 0 Å². The lowest BCUT2D eigenvalue weighted by molar-refractivity contribution is -0.145. The van der Waals surface area contributed by atoms with Crippen molar-refractivity contribution in [1.82, 2.24) is 0 Å². The van der Waals surface area contributed by atoms with Crippen molar-refractivity contribution in [2.24, 2.45) is 0 Å². The number of carbonyl (C=O) groups is 2. The van der Waals surface area contributed by atoms with Crippen molar-refractivity contribution in [1.29, 1.82) is 0 Å². The van der Waals surface area contributed by atoms with Gasteiger partial charge in [-0.25, -0.2) is 9.59 Å². The Morgan fingerprint density at radius 2 is 2.10 bits per heavy atom. The Morgan fingerprint density at radius 3 is 2.40 bits per heavy atom. The normalized spacial score (nSPS) is 12.2. The van der Waals surface area contributed by atoms with Gasteiger partial charge in [0, 0.05) is 0 Å². The Labute approximate surface area is 62.6 Å². The Kier molecular flexibility index (Phi) is 3.87. The highest BCUT2D eigenvalue weighted by atomic mass is 32.2. The molecule has 0 aromatic heterocycles. The fourth-order valence-electron chi connectivity index (χ4n) is 0.243.